The molecule has 0 aliphatic rings. The summed E-state index contributed by atoms with van der Waals surface area (Å²) in [4.78, 5) is 12.4. The fourth-order valence-corrected chi connectivity index (χ4v) is 4.25. The Hall–Kier alpha value is -3.64. The minimum Gasteiger partial charge on any atom is -0.497 e. The lowest BCUT2D eigenvalue weighted by molar-refractivity contribution is 0.0684. The molecule has 0 aliphatic carbocycles. The summed E-state index contributed by atoms with van der Waals surface area (Å²) in [5, 5.41) is 14.4. The molecule has 170 valence electrons. The highest BCUT2D eigenvalue weighted by Gasteiger charge is 2.23. The molecule has 5 nitrogen and oxygen atoms in total. The standard InChI is InChI=1S/C27H27FN2O3/c1-18(20-8-4-3-5-9-20)15-29-16-24-23-12-11-22(33-2)14-25(23)30(26(24)27(31)32)17-19-7-6-10-21(28)13-19/h3-14,18,29H,15-17H2,1-2H3,(H,31,32)/t18-/m0/s1. The van der Waals surface area contributed by atoms with Crippen molar-refractivity contribution in [2.45, 2.75) is 25.9 Å². The number of ether oxygens (including phenoxy) is 1. The van der Waals surface area contributed by atoms with Gasteiger partial charge in [-0.05, 0) is 41.3 Å². The Morgan fingerprint density at radius 2 is 1.88 bits per heavy atom. The van der Waals surface area contributed by atoms with Crippen molar-refractivity contribution < 1.29 is 19.0 Å². The maximum atomic E-state index is 13.8. The van der Waals surface area contributed by atoms with Gasteiger partial charge in [0.15, 0.2) is 0 Å². The fraction of sp³-hybridized carbons (Fsp3) is 0.222. The van der Waals surface area contributed by atoms with Crippen molar-refractivity contribution in [2.75, 3.05) is 13.7 Å². The van der Waals surface area contributed by atoms with E-state index in [0.717, 1.165) is 10.9 Å². The molecule has 6 heteroatoms. The minimum atomic E-state index is -1.02. The van der Waals surface area contributed by atoms with E-state index in [1.54, 1.807) is 23.8 Å². The van der Waals surface area contributed by atoms with Gasteiger partial charge in [-0.3, -0.25) is 0 Å². The molecular formula is C27H27FN2O3. The van der Waals surface area contributed by atoms with Crippen molar-refractivity contribution in [2.24, 2.45) is 0 Å². The Bertz CT molecular complexity index is 1270. The van der Waals surface area contributed by atoms with Crippen LogP contribution in [0.5, 0.6) is 5.75 Å². The topological polar surface area (TPSA) is 63.5 Å². The molecule has 0 saturated heterocycles. The SMILES string of the molecule is COc1ccc2c(CNC[C@H](C)c3ccccc3)c(C(=O)O)n(Cc3cccc(F)c3)c2c1. The van der Waals surface area contributed by atoms with Gasteiger partial charge < -0.3 is 19.7 Å². The molecule has 0 amide bonds. The predicted molar refractivity (Wildman–Crippen MR) is 128 cm³/mol. The quantitative estimate of drug-likeness (QED) is 0.360. The van der Waals surface area contributed by atoms with E-state index in [1.807, 2.05) is 36.4 Å². The van der Waals surface area contributed by atoms with Crippen molar-refractivity contribution in [1.82, 2.24) is 9.88 Å². The summed E-state index contributed by atoms with van der Waals surface area (Å²) < 4.78 is 20.9. The molecule has 0 aliphatic heterocycles. The van der Waals surface area contributed by atoms with Gasteiger partial charge in [-0.25, -0.2) is 9.18 Å². The van der Waals surface area contributed by atoms with E-state index in [-0.39, 0.29) is 24.0 Å². The maximum absolute atomic E-state index is 13.8. The molecule has 4 rings (SSSR count). The zero-order valence-corrected chi connectivity index (χ0v) is 18.7. The number of rotatable bonds is 9. The number of hydrogen-bond acceptors (Lipinski definition) is 3. The number of hydrogen-bond donors (Lipinski definition) is 2. The first-order chi connectivity index (χ1) is 16.0. The van der Waals surface area contributed by atoms with Crippen molar-refractivity contribution >= 4 is 16.9 Å². The lowest BCUT2D eigenvalue weighted by Crippen LogP contribution is -2.21. The third kappa shape index (κ3) is 4.91. The number of aromatic nitrogens is 1. The van der Waals surface area contributed by atoms with Gasteiger partial charge >= 0.3 is 5.97 Å². The van der Waals surface area contributed by atoms with Gasteiger partial charge in [0.2, 0.25) is 0 Å². The second kappa shape index (κ2) is 9.88. The highest BCUT2D eigenvalue weighted by molar-refractivity contribution is 5.98. The first-order valence-corrected chi connectivity index (χ1v) is 10.9. The molecule has 1 aromatic heterocycles. The second-order valence-electron chi connectivity index (χ2n) is 8.17. The Morgan fingerprint density at radius 1 is 1.09 bits per heavy atom. The van der Waals surface area contributed by atoms with Crippen LogP contribution in [-0.4, -0.2) is 29.3 Å². The fourth-order valence-electron chi connectivity index (χ4n) is 4.25. The number of methoxy groups -OCH3 is 1. The molecule has 1 atom stereocenters. The van der Waals surface area contributed by atoms with Gasteiger partial charge in [0.05, 0.1) is 12.6 Å². The average Bonchev–Trinajstić information content (AvgIpc) is 3.12. The van der Waals surface area contributed by atoms with Crippen molar-refractivity contribution in [3.63, 3.8) is 0 Å². The molecule has 0 bridgehead atoms. The number of carboxylic acids is 1. The largest absolute Gasteiger partial charge is 0.497 e. The second-order valence-corrected chi connectivity index (χ2v) is 8.17. The van der Waals surface area contributed by atoms with E-state index >= 15 is 0 Å². The van der Waals surface area contributed by atoms with Crippen LogP contribution >= 0.6 is 0 Å². The highest BCUT2D eigenvalue weighted by atomic mass is 19.1. The van der Waals surface area contributed by atoms with Crippen LogP contribution in [0.4, 0.5) is 4.39 Å². The molecule has 4 aromatic rings. The van der Waals surface area contributed by atoms with E-state index in [9.17, 15) is 14.3 Å². The zero-order valence-electron chi connectivity index (χ0n) is 18.7. The van der Waals surface area contributed by atoms with E-state index in [4.69, 9.17) is 4.74 Å². The summed E-state index contributed by atoms with van der Waals surface area (Å²) in [7, 11) is 1.58. The predicted octanol–water partition coefficient (Wildman–Crippen LogP) is 5.43. The molecule has 0 radical (unpaired) electrons. The number of carboxylic acid groups (broad SMARTS) is 1. The van der Waals surface area contributed by atoms with Crippen LogP contribution in [0.2, 0.25) is 0 Å². The van der Waals surface area contributed by atoms with E-state index in [1.165, 1.54) is 17.7 Å². The van der Waals surface area contributed by atoms with Gasteiger partial charge in [-0.15, -0.1) is 0 Å². The maximum Gasteiger partial charge on any atom is 0.352 e. The number of benzene rings is 3. The van der Waals surface area contributed by atoms with Gasteiger partial charge in [-0.1, -0.05) is 49.4 Å². The number of fused-ring (bicyclic) bond motifs is 1. The average molecular weight is 447 g/mol. The molecule has 2 N–H and O–H groups in total. The minimum absolute atomic E-state index is 0.197. The Labute approximate surface area is 192 Å². The summed E-state index contributed by atoms with van der Waals surface area (Å²) in [6, 6.07) is 22.0. The molecule has 0 spiro atoms. The molecular weight excluding hydrogens is 419 g/mol. The smallest absolute Gasteiger partial charge is 0.352 e. The van der Waals surface area contributed by atoms with Crippen LogP contribution in [0.1, 0.15) is 40.0 Å². The van der Waals surface area contributed by atoms with Crippen LogP contribution in [0.25, 0.3) is 10.9 Å². The normalized spacial score (nSPS) is 12.1. The number of nitrogens with zero attached hydrogens (tertiary/aromatic N) is 1. The monoisotopic (exact) mass is 446 g/mol. The van der Waals surface area contributed by atoms with Crippen LogP contribution in [0.3, 0.4) is 0 Å². The summed E-state index contributed by atoms with van der Waals surface area (Å²) in [5.74, 6) is -0.459. The zero-order chi connectivity index (χ0) is 23.4. The lowest BCUT2D eigenvalue weighted by atomic mass is 10.0. The van der Waals surface area contributed by atoms with E-state index < -0.39 is 5.97 Å². The molecule has 1 heterocycles. The number of aromatic carboxylic acids is 1. The summed E-state index contributed by atoms with van der Waals surface area (Å²) in [5.41, 5.74) is 3.55. The summed E-state index contributed by atoms with van der Waals surface area (Å²) >= 11 is 0. The van der Waals surface area contributed by atoms with Gasteiger partial charge in [0.1, 0.15) is 17.3 Å². The van der Waals surface area contributed by atoms with E-state index in [0.29, 0.717) is 30.0 Å². The first-order valence-electron chi connectivity index (χ1n) is 10.9. The molecule has 3 aromatic carbocycles. The van der Waals surface area contributed by atoms with Crippen LogP contribution in [0, 0.1) is 5.82 Å². The van der Waals surface area contributed by atoms with Crippen LogP contribution in [-0.2, 0) is 13.1 Å². The summed E-state index contributed by atoms with van der Waals surface area (Å²) in [6.45, 7) is 3.48. The number of carbonyl (C=O) groups is 1. The van der Waals surface area contributed by atoms with Crippen LogP contribution < -0.4 is 10.1 Å². The van der Waals surface area contributed by atoms with Crippen molar-refractivity contribution in [3.8, 4) is 5.75 Å². The molecule has 0 saturated carbocycles. The highest BCUT2D eigenvalue weighted by Crippen LogP contribution is 2.31. The van der Waals surface area contributed by atoms with E-state index in [2.05, 4.69) is 24.4 Å². The first kappa shape index (κ1) is 22.6. The third-order valence-electron chi connectivity index (χ3n) is 5.93. The molecule has 0 unspecified atom stereocenters. The van der Waals surface area contributed by atoms with Crippen molar-refractivity contribution in [1.29, 1.82) is 0 Å². The van der Waals surface area contributed by atoms with Crippen LogP contribution in [0.15, 0.2) is 72.8 Å². The number of halogens is 1. The van der Waals surface area contributed by atoms with Gasteiger partial charge in [0, 0.05) is 36.7 Å². The Balaban J connectivity index is 1.70. The number of nitrogens with one attached hydrogen (secondary N) is 1. The summed E-state index contributed by atoms with van der Waals surface area (Å²) in [6.07, 6.45) is 0. The third-order valence-corrected chi connectivity index (χ3v) is 5.93. The van der Waals surface area contributed by atoms with Gasteiger partial charge in [0.25, 0.3) is 0 Å². The van der Waals surface area contributed by atoms with Crippen molar-refractivity contribution in [3.05, 3.63) is 101 Å². The van der Waals surface area contributed by atoms with Gasteiger partial charge in [-0.2, -0.15) is 0 Å². The molecule has 0 fully saturated rings. The lowest BCUT2D eigenvalue weighted by Gasteiger charge is -2.14. The molecule has 33 heavy (non-hydrogen) atoms. The Kier molecular flexibility index (Phi) is 6.75. The Morgan fingerprint density at radius 3 is 2.58 bits per heavy atom.